The molecule has 94 valence electrons. The van der Waals surface area contributed by atoms with Gasteiger partial charge in [-0.1, -0.05) is 12.1 Å². The molecule has 0 saturated carbocycles. The summed E-state index contributed by atoms with van der Waals surface area (Å²) in [4.78, 5) is 23.4. The van der Waals surface area contributed by atoms with E-state index >= 15 is 0 Å². The van der Waals surface area contributed by atoms with Gasteiger partial charge >= 0.3 is 0 Å². The number of rotatable bonds is 3. The van der Waals surface area contributed by atoms with Crippen LogP contribution in [0, 0.1) is 0 Å². The second-order valence-corrected chi connectivity index (χ2v) is 4.10. The molecule has 2 N–H and O–H groups in total. The molecule has 6 nitrogen and oxygen atoms in total. The van der Waals surface area contributed by atoms with Crippen molar-refractivity contribution in [2.24, 2.45) is 5.10 Å². The van der Waals surface area contributed by atoms with Crippen molar-refractivity contribution < 1.29 is 14.7 Å². The summed E-state index contributed by atoms with van der Waals surface area (Å²) in [7, 11) is 3.51. The van der Waals surface area contributed by atoms with Gasteiger partial charge in [-0.05, 0) is 5.56 Å². The quantitative estimate of drug-likeness (QED) is 0.446. The lowest BCUT2D eigenvalue weighted by Crippen LogP contribution is -2.20. The fourth-order valence-corrected chi connectivity index (χ4v) is 1.81. The number of aliphatic hydroxyl groups excluding tert-OH is 1. The summed E-state index contributed by atoms with van der Waals surface area (Å²) in [6.07, 6.45) is 1.51. The Morgan fingerprint density at radius 1 is 1.28 bits per heavy atom. The number of carbonyl (C=O) groups is 2. The zero-order valence-corrected chi connectivity index (χ0v) is 10.1. The van der Waals surface area contributed by atoms with Crippen LogP contribution in [0.5, 0.6) is 0 Å². The number of benzene rings is 1. The average Bonchev–Trinajstić information content (AvgIpc) is 2.63. The molecular formula is C12H13N3O3. The number of hydrogen-bond donors (Lipinski definition) is 2. The molecule has 6 heteroatoms. The molecule has 0 spiro atoms. The number of nitrogens with one attached hydrogen (secondary N) is 1. The summed E-state index contributed by atoms with van der Waals surface area (Å²) < 4.78 is 0. The van der Waals surface area contributed by atoms with Crippen molar-refractivity contribution in [2.75, 3.05) is 14.1 Å². The number of amides is 2. The van der Waals surface area contributed by atoms with E-state index in [4.69, 9.17) is 0 Å². The van der Waals surface area contributed by atoms with Gasteiger partial charge < -0.3 is 10.1 Å². The molecule has 0 atom stereocenters. The van der Waals surface area contributed by atoms with Crippen LogP contribution in [0.1, 0.15) is 31.8 Å². The Morgan fingerprint density at radius 2 is 1.94 bits per heavy atom. The van der Waals surface area contributed by atoms with Crippen LogP contribution in [0.4, 0.5) is 0 Å². The van der Waals surface area contributed by atoms with E-state index in [1.807, 2.05) is 0 Å². The molecule has 0 bridgehead atoms. The van der Waals surface area contributed by atoms with Gasteiger partial charge in [0.1, 0.15) is 0 Å². The van der Waals surface area contributed by atoms with Crippen LogP contribution in [0.25, 0.3) is 0 Å². The van der Waals surface area contributed by atoms with Crippen molar-refractivity contribution in [2.45, 2.75) is 6.61 Å². The van der Waals surface area contributed by atoms with Crippen molar-refractivity contribution >= 4 is 18.0 Å². The summed E-state index contributed by atoms with van der Waals surface area (Å²) in [5.41, 5.74) is 1.51. The molecule has 0 saturated heterocycles. The molecule has 0 aliphatic carbocycles. The second kappa shape index (κ2) is 4.58. The largest absolute Gasteiger partial charge is 0.392 e. The van der Waals surface area contributed by atoms with E-state index < -0.39 is 11.8 Å². The summed E-state index contributed by atoms with van der Waals surface area (Å²) in [5.74, 6) is -0.926. The van der Waals surface area contributed by atoms with E-state index in [1.54, 1.807) is 31.2 Å². The lowest BCUT2D eigenvalue weighted by Gasteiger charge is -2.07. The Labute approximate surface area is 104 Å². The number of imide groups is 1. The predicted octanol–water partition coefficient (Wildman–Crippen LogP) is -0.0420. The highest BCUT2D eigenvalue weighted by molar-refractivity contribution is 6.24. The van der Waals surface area contributed by atoms with Crippen LogP contribution >= 0.6 is 0 Å². The number of aliphatic hydroxyl groups is 1. The Balaban J connectivity index is 2.59. The van der Waals surface area contributed by atoms with Crippen LogP contribution < -0.4 is 5.32 Å². The molecule has 1 aromatic carbocycles. The van der Waals surface area contributed by atoms with Crippen molar-refractivity contribution in [1.82, 2.24) is 10.3 Å². The number of carbonyl (C=O) groups excluding carboxylic acids is 2. The Morgan fingerprint density at radius 3 is 2.56 bits per heavy atom. The fourth-order valence-electron chi connectivity index (χ4n) is 1.81. The number of nitrogens with zero attached hydrogens (tertiary/aromatic N) is 2. The van der Waals surface area contributed by atoms with E-state index in [2.05, 4.69) is 10.4 Å². The third-order valence-corrected chi connectivity index (χ3v) is 2.60. The van der Waals surface area contributed by atoms with Crippen LogP contribution in [0.3, 0.4) is 0 Å². The van der Waals surface area contributed by atoms with Crippen LogP contribution in [0.2, 0.25) is 0 Å². The Hall–Kier alpha value is -2.21. The van der Waals surface area contributed by atoms with Gasteiger partial charge in [0.05, 0.1) is 23.9 Å². The molecule has 0 fully saturated rings. The fraction of sp³-hybridized carbons (Fsp3) is 0.250. The summed E-state index contributed by atoms with van der Waals surface area (Å²) in [6, 6.07) is 3.28. The zero-order chi connectivity index (χ0) is 13.3. The first-order chi connectivity index (χ1) is 8.54. The van der Waals surface area contributed by atoms with Gasteiger partial charge in [0.2, 0.25) is 0 Å². The molecule has 2 amide bonds. The third-order valence-electron chi connectivity index (χ3n) is 2.60. The van der Waals surface area contributed by atoms with E-state index in [-0.39, 0.29) is 17.7 Å². The van der Waals surface area contributed by atoms with E-state index in [0.717, 1.165) is 0 Å². The number of fused-ring (bicyclic) bond motifs is 1. The van der Waals surface area contributed by atoms with E-state index in [1.165, 1.54) is 6.21 Å². The van der Waals surface area contributed by atoms with E-state index in [0.29, 0.717) is 11.1 Å². The third kappa shape index (κ3) is 1.98. The smallest absolute Gasteiger partial charge is 0.259 e. The summed E-state index contributed by atoms with van der Waals surface area (Å²) in [6.45, 7) is -0.284. The van der Waals surface area contributed by atoms with Crippen LogP contribution in [-0.4, -0.2) is 42.2 Å². The van der Waals surface area contributed by atoms with Crippen LogP contribution in [0.15, 0.2) is 17.2 Å². The first kappa shape index (κ1) is 12.3. The SMILES string of the molecule is CN(C)/N=C/c1ccc(CO)c2c1C(=O)NC2=O. The normalized spacial score (nSPS) is 13.9. The molecule has 1 heterocycles. The van der Waals surface area contributed by atoms with Crippen molar-refractivity contribution in [1.29, 1.82) is 0 Å². The van der Waals surface area contributed by atoms with E-state index in [9.17, 15) is 14.7 Å². The lowest BCUT2D eigenvalue weighted by atomic mass is 9.98. The van der Waals surface area contributed by atoms with Gasteiger partial charge in [-0.15, -0.1) is 0 Å². The molecule has 1 aliphatic heterocycles. The average molecular weight is 247 g/mol. The summed E-state index contributed by atoms with van der Waals surface area (Å²) >= 11 is 0. The molecule has 0 radical (unpaired) electrons. The van der Waals surface area contributed by atoms with Crippen molar-refractivity contribution in [3.05, 3.63) is 34.4 Å². The minimum Gasteiger partial charge on any atom is -0.392 e. The lowest BCUT2D eigenvalue weighted by molar-refractivity contribution is 0.0878. The molecule has 0 unspecified atom stereocenters. The first-order valence-electron chi connectivity index (χ1n) is 5.38. The number of hydrazone groups is 1. The van der Waals surface area contributed by atoms with Gasteiger partial charge in [0.15, 0.2) is 0 Å². The topological polar surface area (TPSA) is 82.0 Å². The van der Waals surface area contributed by atoms with Gasteiger partial charge in [0, 0.05) is 19.7 Å². The monoisotopic (exact) mass is 247 g/mol. The maximum atomic E-state index is 11.7. The Kier molecular flexibility index (Phi) is 3.12. The molecule has 0 aromatic heterocycles. The highest BCUT2D eigenvalue weighted by Gasteiger charge is 2.31. The molecular weight excluding hydrogens is 234 g/mol. The maximum absolute atomic E-state index is 11.7. The highest BCUT2D eigenvalue weighted by Crippen LogP contribution is 2.23. The summed E-state index contributed by atoms with van der Waals surface area (Å²) in [5, 5.41) is 17.0. The van der Waals surface area contributed by atoms with Gasteiger partial charge in [-0.2, -0.15) is 5.10 Å². The second-order valence-electron chi connectivity index (χ2n) is 4.10. The maximum Gasteiger partial charge on any atom is 0.259 e. The molecule has 1 aromatic rings. The molecule has 18 heavy (non-hydrogen) atoms. The van der Waals surface area contributed by atoms with Gasteiger partial charge in [-0.3, -0.25) is 14.9 Å². The molecule has 1 aliphatic rings. The zero-order valence-electron chi connectivity index (χ0n) is 10.1. The standard InChI is InChI=1S/C12H13N3O3/c1-15(2)13-5-7-3-4-8(6-16)10-9(7)11(17)14-12(10)18/h3-5,16H,6H2,1-2H3,(H,14,17,18)/b13-5+. The van der Waals surface area contributed by atoms with Crippen LogP contribution in [-0.2, 0) is 6.61 Å². The Bertz CT molecular complexity index is 550. The first-order valence-corrected chi connectivity index (χ1v) is 5.38. The predicted molar refractivity (Wildman–Crippen MR) is 65.4 cm³/mol. The minimum absolute atomic E-state index is 0.241. The van der Waals surface area contributed by atoms with Gasteiger partial charge in [-0.25, -0.2) is 0 Å². The highest BCUT2D eigenvalue weighted by atomic mass is 16.3. The van der Waals surface area contributed by atoms with Crippen molar-refractivity contribution in [3.8, 4) is 0 Å². The van der Waals surface area contributed by atoms with Crippen molar-refractivity contribution in [3.63, 3.8) is 0 Å². The number of hydrogen-bond acceptors (Lipinski definition) is 5. The van der Waals surface area contributed by atoms with Gasteiger partial charge in [0.25, 0.3) is 11.8 Å². The minimum atomic E-state index is -0.473. The molecule has 2 rings (SSSR count).